The average molecular weight is 426 g/mol. The zero-order chi connectivity index (χ0) is 21.7. The zero-order valence-electron chi connectivity index (χ0n) is 17.4. The number of hydrogen-bond acceptors (Lipinski definition) is 4. The number of sulfonamides is 1. The Bertz CT molecular complexity index is 1040. The van der Waals surface area contributed by atoms with Crippen LogP contribution in [0.15, 0.2) is 47.4 Å². The molecule has 7 heteroatoms. The van der Waals surface area contributed by atoms with Crippen LogP contribution in [0.4, 0.5) is 5.69 Å². The second-order valence-corrected chi connectivity index (χ2v) is 9.34. The molecule has 1 amide bonds. The van der Waals surface area contributed by atoms with Crippen molar-refractivity contribution >= 4 is 21.6 Å². The number of hydrogen-bond donors (Lipinski definition) is 1. The van der Waals surface area contributed by atoms with Crippen LogP contribution in [0.5, 0.6) is 0 Å². The molecule has 1 N–H and O–H groups in total. The summed E-state index contributed by atoms with van der Waals surface area (Å²) in [4.78, 5) is 12.9. The van der Waals surface area contributed by atoms with Crippen LogP contribution in [-0.4, -0.2) is 31.7 Å². The van der Waals surface area contributed by atoms with E-state index in [1.54, 1.807) is 12.1 Å². The van der Waals surface area contributed by atoms with E-state index >= 15 is 0 Å². The van der Waals surface area contributed by atoms with Gasteiger partial charge in [0.15, 0.2) is 0 Å². The molecule has 0 radical (unpaired) electrons. The molecule has 0 atom stereocenters. The van der Waals surface area contributed by atoms with Crippen LogP contribution in [0, 0.1) is 17.2 Å². The molecule has 0 bridgehead atoms. The number of nitrogens with one attached hydrogen (secondary N) is 1. The molecule has 1 heterocycles. The molecule has 2 aromatic rings. The van der Waals surface area contributed by atoms with Crippen LogP contribution in [0.3, 0.4) is 0 Å². The summed E-state index contributed by atoms with van der Waals surface area (Å²) in [5.41, 5.74) is 3.25. The number of aryl methyl sites for hydroxylation is 2. The number of anilines is 1. The molecule has 0 aliphatic carbocycles. The monoisotopic (exact) mass is 425 g/mol. The van der Waals surface area contributed by atoms with E-state index < -0.39 is 10.0 Å². The molecule has 1 aliphatic rings. The lowest BCUT2D eigenvalue weighted by molar-refractivity contribution is -0.120. The van der Waals surface area contributed by atoms with E-state index in [0.29, 0.717) is 12.8 Å². The van der Waals surface area contributed by atoms with Crippen molar-refractivity contribution in [2.75, 3.05) is 18.4 Å². The summed E-state index contributed by atoms with van der Waals surface area (Å²) < 4.78 is 27.3. The smallest absolute Gasteiger partial charge is 0.244 e. The van der Waals surface area contributed by atoms with Crippen molar-refractivity contribution in [3.63, 3.8) is 0 Å². The predicted molar refractivity (Wildman–Crippen MR) is 116 cm³/mol. The lowest BCUT2D eigenvalue weighted by atomic mass is 9.96. The van der Waals surface area contributed by atoms with Gasteiger partial charge in [0, 0.05) is 24.7 Å². The number of carbonyl (C=O) groups excluding carboxylic acids is 1. The van der Waals surface area contributed by atoms with E-state index in [1.165, 1.54) is 16.4 Å². The Morgan fingerprint density at radius 3 is 2.23 bits per heavy atom. The van der Waals surface area contributed by atoms with Crippen molar-refractivity contribution in [2.45, 2.75) is 44.4 Å². The van der Waals surface area contributed by atoms with Gasteiger partial charge in [-0.05, 0) is 48.9 Å². The van der Waals surface area contributed by atoms with Gasteiger partial charge in [0.1, 0.15) is 6.07 Å². The number of carbonyl (C=O) groups is 1. The Morgan fingerprint density at radius 1 is 1.07 bits per heavy atom. The average Bonchev–Trinajstić information content (AvgIpc) is 2.79. The fraction of sp³-hybridized carbons (Fsp3) is 0.391. The predicted octanol–water partition coefficient (Wildman–Crippen LogP) is 3.72. The highest BCUT2D eigenvalue weighted by molar-refractivity contribution is 7.89. The van der Waals surface area contributed by atoms with E-state index in [9.17, 15) is 18.5 Å². The molecule has 6 nitrogen and oxygen atoms in total. The molecule has 1 aliphatic heterocycles. The first-order chi connectivity index (χ1) is 14.4. The van der Waals surface area contributed by atoms with Crippen molar-refractivity contribution in [3.8, 4) is 6.07 Å². The van der Waals surface area contributed by atoms with Gasteiger partial charge in [-0.15, -0.1) is 0 Å². The van der Waals surface area contributed by atoms with E-state index in [1.807, 2.05) is 24.3 Å². The molecular formula is C23H27N3O3S. The van der Waals surface area contributed by atoms with E-state index in [4.69, 9.17) is 0 Å². The van der Waals surface area contributed by atoms with Crippen LogP contribution in [0.25, 0.3) is 0 Å². The highest BCUT2D eigenvalue weighted by Gasteiger charge is 2.33. The number of nitrogens with zero attached hydrogens (tertiary/aromatic N) is 2. The molecule has 0 aromatic heterocycles. The summed E-state index contributed by atoms with van der Waals surface area (Å²) in [5.74, 6) is -0.294. The van der Waals surface area contributed by atoms with Crippen molar-refractivity contribution in [1.29, 1.82) is 5.26 Å². The highest BCUT2D eigenvalue weighted by atomic mass is 32.2. The maximum atomic E-state index is 13.0. The van der Waals surface area contributed by atoms with Gasteiger partial charge in [-0.25, -0.2) is 8.42 Å². The van der Waals surface area contributed by atoms with Crippen molar-refractivity contribution < 1.29 is 13.2 Å². The van der Waals surface area contributed by atoms with E-state index in [-0.39, 0.29) is 35.4 Å². The first-order valence-electron chi connectivity index (χ1n) is 10.3. The van der Waals surface area contributed by atoms with E-state index in [0.717, 1.165) is 29.7 Å². The molecule has 1 saturated heterocycles. The van der Waals surface area contributed by atoms with Crippen LogP contribution in [0.1, 0.15) is 43.4 Å². The highest BCUT2D eigenvalue weighted by Crippen LogP contribution is 2.28. The fourth-order valence-corrected chi connectivity index (χ4v) is 5.52. The summed E-state index contributed by atoms with van der Waals surface area (Å²) >= 11 is 0. The van der Waals surface area contributed by atoms with Crippen LogP contribution in [0.2, 0.25) is 0 Å². The van der Waals surface area contributed by atoms with Gasteiger partial charge in [-0.1, -0.05) is 44.2 Å². The van der Waals surface area contributed by atoms with Crippen molar-refractivity contribution in [2.24, 2.45) is 5.92 Å². The number of piperidine rings is 1. The first-order valence-corrected chi connectivity index (χ1v) is 11.8. The summed E-state index contributed by atoms with van der Waals surface area (Å²) in [6.07, 6.45) is 2.57. The van der Waals surface area contributed by atoms with Gasteiger partial charge >= 0.3 is 0 Å². The number of nitriles is 1. The summed E-state index contributed by atoms with van der Waals surface area (Å²) in [6.45, 7) is 4.65. The third-order valence-electron chi connectivity index (χ3n) is 5.70. The SMILES string of the molecule is CCc1cccc(CC)c1NC(=O)C1CCN(S(=O)(=O)c2ccccc2C#N)CC1. The largest absolute Gasteiger partial charge is 0.325 e. The molecule has 2 aromatic carbocycles. The van der Waals surface area contributed by atoms with Gasteiger partial charge in [-0.3, -0.25) is 4.79 Å². The number of amides is 1. The van der Waals surface area contributed by atoms with Crippen LogP contribution >= 0.6 is 0 Å². The maximum absolute atomic E-state index is 13.0. The number of rotatable bonds is 6. The van der Waals surface area contributed by atoms with Gasteiger partial charge in [-0.2, -0.15) is 9.57 Å². The zero-order valence-corrected chi connectivity index (χ0v) is 18.2. The summed E-state index contributed by atoms with van der Waals surface area (Å²) in [7, 11) is -3.76. The third kappa shape index (κ3) is 4.40. The van der Waals surface area contributed by atoms with Crippen LogP contribution in [-0.2, 0) is 27.7 Å². The Balaban J connectivity index is 1.70. The molecule has 0 spiro atoms. The molecule has 158 valence electrons. The second-order valence-electron chi connectivity index (χ2n) is 7.43. The van der Waals surface area contributed by atoms with Gasteiger partial charge in [0.2, 0.25) is 15.9 Å². The molecule has 0 unspecified atom stereocenters. The molecule has 0 saturated carbocycles. The standard InChI is InChI=1S/C23H27N3O3S/c1-3-17-9-7-10-18(4-2)22(17)25-23(27)19-12-14-26(15-13-19)30(28,29)21-11-6-5-8-20(21)16-24/h5-11,19H,3-4,12-15H2,1-2H3,(H,25,27). The minimum absolute atomic E-state index is 0.0277. The minimum Gasteiger partial charge on any atom is -0.325 e. The lowest BCUT2D eigenvalue weighted by Gasteiger charge is -2.31. The van der Waals surface area contributed by atoms with Gasteiger partial charge < -0.3 is 5.32 Å². The van der Waals surface area contributed by atoms with Gasteiger partial charge in [0.05, 0.1) is 10.5 Å². The van der Waals surface area contributed by atoms with Crippen molar-refractivity contribution in [3.05, 3.63) is 59.2 Å². The number of para-hydroxylation sites is 1. The van der Waals surface area contributed by atoms with Crippen molar-refractivity contribution in [1.82, 2.24) is 4.31 Å². The Hall–Kier alpha value is -2.69. The first kappa shape index (κ1) is 22.0. The fourth-order valence-electron chi connectivity index (χ4n) is 3.91. The third-order valence-corrected chi connectivity index (χ3v) is 7.65. The molecular weight excluding hydrogens is 398 g/mol. The normalized spacial score (nSPS) is 15.5. The molecule has 30 heavy (non-hydrogen) atoms. The Morgan fingerprint density at radius 2 is 1.67 bits per heavy atom. The Kier molecular flexibility index (Phi) is 6.91. The Labute approximate surface area is 178 Å². The summed E-state index contributed by atoms with van der Waals surface area (Å²) in [5, 5.41) is 12.3. The minimum atomic E-state index is -3.76. The maximum Gasteiger partial charge on any atom is 0.244 e. The molecule has 1 fully saturated rings. The summed E-state index contributed by atoms with van der Waals surface area (Å²) in [6, 6.07) is 14.2. The molecule has 3 rings (SSSR count). The van der Waals surface area contributed by atoms with Crippen LogP contribution < -0.4 is 5.32 Å². The second kappa shape index (κ2) is 9.41. The quantitative estimate of drug-likeness (QED) is 0.764. The topological polar surface area (TPSA) is 90.3 Å². The number of benzene rings is 2. The van der Waals surface area contributed by atoms with E-state index in [2.05, 4.69) is 19.2 Å². The van der Waals surface area contributed by atoms with Gasteiger partial charge in [0.25, 0.3) is 0 Å². The lowest BCUT2D eigenvalue weighted by Crippen LogP contribution is -2.41.